The lowest BCUT2D eigenvalue weighted by Gasteiger charge is -2.27. The Morgan fingerprint density at radius 3 is 2.31 bits per heavy atom. The highest BCUT2D eigenvalue weighted by atomic mass is 127. The van der Waals surface area contributed by atoms with E-state index in [1.165, 1.54) is 4.90 Å². The molecule has 0 saturated carbocycles. The van der Waals surface area contributed by atoms with E-state index in [-0.39, 0.29) is 5.91 Å². The molecular weight excluding hydrogens is 614 g/mol. The molecule has 180 valence electrons. The summed E-state index contributed by atoms with van der Waals surface area (Å²) in [5.41, 5.74) is 2.00. The van der Waals surface area contributed by atoms with Crippen LogP contribution < -0.4 is 9.96 Å². The Bertz CT molecular complexity index is 1490. The maximum absolute atomic E-state index is 13.8. The minimum atomic E-state index is -0.975. The molecule has 0 bridgehead atoms. The molecule has 4 aromatic rings. The van der Waals surface area contributed by atoms with E-state index in [0.717, 1.165) is 9.13 Å². The van der Waals surface area contributed by atoms with Crippen molar-refractivity contribution in [3.8, 4) is 11.3 Å². The topological polar surface area (TPSA) is 63.0 Å². The standard InChI is InChI=1S/C27H17Cl2IN2O4/c28-17-11-10-15(14-18(17)29)21-12-13-22(35-21)24-23-25(36-32(24)16-6-2-1-3-7-16)27(34)31(26(23)33)20-9-5-4-8-19(20)30/h1-14,23-25H. The molecule has 1 aromatic heterocycles. The Morgan fingerprint density at radius 1 is 0.806 bits per heavy atom. The van der Waals surface area contributed by atoms with Gasteiger partial charge in [-0.05, 0) is 77.2 Å². The van der Waals surface area contributed by atoms with Crippen molar-refractivity contribution in [3.63, 3.8) is 0 Å². The van der Waals surface area contributed by atoms with Crippen molar-refractivity contribution in [1.29, 1.82) is 0 Å². The molecule has 6 nitrogen and oxygen atoms in total. The van der Waals surface area contributed by atoms with E-state index in [4.69, 9.17) is 32.5 Å². The van der Waals surface area contributed by atoms with Gasteiger partial charge in [-0.2, -0.15) is 0 Å². The highest BCUT2D eigenvalue weighted by molar-refractivity contribution is 14.1. The average molecular weight is 631 g/mol. The number of fused-ring (bicyclic) bond motifs is 1. The molecule has 6 rings (SSSR count). The molecule has 3 aromatic carbocycles. The largest absolute Gasteiger partial charge is 0.459 e. The van der Waals surface area contributed by atoms with Crippen LogP contribution in [-0.4, -0.2) is 17.9 Å². The number of carbonyl (C=O) groups is 2. The van der Waals surface area contributed by atoms with Crippen LogP contribution in [0.3, 0.4) is 0 Å². The van der Waals surface area contributed by atoms with Gasteiger partial charge in [0.05, 0.1) is 21.4 Å². The summed E-state index contributed by atoms with van der Waals surface area (Å²) in [7, 11) is 0. The van der Waals surface area contributed by atoms with Crippen LogP contribution in [0.2, 0.25) is 10.0 Å². The van der Waals surface area contributed by atoms with Crippen LogP contribution in [0.25, 0.3) is 11.3 Å². The zero-order chi connectivity index (χ0) is 25.0. The first kappa shape index (κ1) is 23.5. The van der Waals surface area contributed by atoms with Crippen molar-refractivity contribution in [2.45, 2.75) is 12.1 Å². The van der Waals surface area contributed by atoms with Gasteiger partial charge < -0.3 is 4.42 Å². The number of anilines is 2. The van der Waals surface area contributed by atoms with E-state index in [2.05, 4.69) is 22.6 Å². The van der Waals surface area contributed by atoms with Crippen molar-refractivity contribution >= 4 is 69.0 Å². The molecule has 2 saturated heterocycles. The summed E-state index contributed by atoms with van der Waals surface area (Å²) in [5, 5.41) is 2.46. The van der Waals surface area contributed by atoms with Crippen molar-refractivity contribution < 1.29 is 18.8 Å². The quantitative estimate of drug-likeness (QED) is 0.181. The fourth-order valence-electron chi connectivity index (χ4n) is 4.69. The van der Waals surface area contributed by atoms with Crippen molar-refractivity contribution in [2.75, 3.05) is 9.96 Å². The number of nitrogens with zero attached hydrogens (tertiary/aromatic N) is 2. The first-order chi connectivity index (χ1) is 17.4. The van der Waals surface area contributed by atoms with E-state index in [9.17, 15) is 9.59 Å². The van der Waals surface area contributed by atoms with Crippen LogP contribution >= 0.6 is 45.8 Å². The molecule has 36 heavy (non-hydrogen) atoms. The van der Waals surface area contributed by atoms with Crippen molar-refractivity contribution in [2.24, 2.45) is 5.92 Å². The van der Waals surface area contributed by atoms with Crippen LogP contribution in [0.4, 0.5) is 11.4 Å². The number of imide groups is 1. The number of rotatable bonds is 4. The second kappa shape index (κ2) is 9.23. The Balaban J connectivity index is 1.43. The molecule has 0 N–H and O–H groups in total. The smallest absolute Gasteiger partial charge is 0.266 e. The summed E-state index contributed by atoms with van der Waals surface area (Å²) >= 11 is 14.4. The second-order valence-corrected chi connectivity index (χ2v) is 10.4. The van der Waals surface area contributed by atoms with Gasteiger partial charge in [0.1, 0.15) is 23.5 Å². The monoisotopic (exact) mass is 630 g/mol. The lowest BCUT2D eigenvalue weighted by molar-refractivity contribution is -0.126. The second-order valence-electron chi connectivity index (χ2n) is 8.45. The molecule has 3 heterocycles. The third-order valence-corrected chi connectivity index (χ3v) is 7.99. The molecule has 2 aliphatic rings. The third kappa shape index (κ3) is 3.82. The predicted molar refractivity (Wildman–Crippen MR) is 146 cm³/mol. The Morgan fingerprint density at radius 2 is 1.56 bits per heavy atom. The number of carbonyl (C=O) groups excluding carboxylic acids is 2. The molecule has 3 atom stereocenters. The number of hydrogen-bond acceptors (Lipinski definition) is 5. The maximum Gasteiger partial charge on any atom is 0.266 e. The summed E-state index contributed by atoms with van der Waals surface area (Å²) in [4.78, 5) is 34.7. The van der Waals surface area contributed by atoms with Gasteiger partial charge in [0, 0.05) is 9.13 Å². The van der Waals surface area contributed by atoms with Crippen molar-refractivity contribution in [3.05, 3.63) is 104 Å². The lowest BCUT2D eigenvalue weighted by atomic mass is 9.94. The van der Waals surface area contributed by atoms with Gasteiger partial charge in [-0.1, -0.05) is 53.5 Å². The summed E-state index contributed by atoms with van der Waals surface area (Å²) in [6.45, 7) is 0. The molecule has 9 heteroatoms. The fraction of sp³-hybridized carbons (Fsp3) is 0.111. The number of amides is 2. The van der Waals surface area contributed by atoms with Crippen molar-refractivity contribution in [1.82, 2.24) is 0 Å². The van der Waals surface area contributed by atoms with Gasteiger partial charge in [-0.3, -0.25) is 14.4 Å². The van der Waals surface area contributed by atoms with Crippen LogP contribution in [0.5, 0.6) is 0 Å². The van der Waals surface area contributed by atoms with E-state index >= 15 is 0 Å². The van der Waals surface area contributed by atoms with Gasteiger partial charge >= 0.3 is 0 Å². The van der Waals surface area contributed by atoms with Gasteiger partial charge in [0.2, 0.25) is 5.91 Å². The predicted octanol–water partition coefficient (Wildman–Crippen LogP) is 6.91. The Hall–Kier alpha value is -2.85. The number of benzene rings is 3. The minimum absolute atomic E-state index is 0.329. The summed E-state index contributed by atoms with van der Waals surface area (Å²) < 4.78 is 7.05. The zero-order valence-corrected chi connectivity index (χ0v) is 22.1. The molecule has 0 aliphatic carbocycles. The molecule has 2 aliphatic heterocycles. The molecule has 0 radical (unpaired) electrons. The maximum atomic E-state index is 13.8. The molecule has 0 spiro atoms. The number of halogens is 3. The third-order valence-electron chi connectivity index (χ3n) is 6.34. The van der Waals surface area contributed by atoms with Crippen LogP contribution in [-0.2, 0) is 14.4 Å². The number of hydrogen-bond donors (Lipinski definition) is 0. The zero-order valence-electron chi connectivity index (χ0n) is 18.5. The first-order valence-corrected chi connectivity index (χ1v) is 13.0. The SMILES string of the molecule is O=C1C2ON(c3ccccc3)C(c3ccc(-c4ccc(Cl)c(Cl)c4)o3)C2C(=O)N1c1ccccc1I. The van der Waals surface area contributed by atoms with E-state index in [0.29, 0.717) is 32.9 Å². The normalized spacial score (nSPS) is 21.4. The van der Waals surface area contributed by atoms with E-state index in [1.807, 2.05) is 54.6 Å². The fourth-order valence-corrected chi connectivity index (χ4v) is 5.62. The van der Waals surface area contributed by atoms with Gasteiger partial charge in [0.15, 0.2) is 6.10 Å². The van der Waals surface area contributed by atoms with E-state index in [1.54, 1.807) is 35.4 Å². The number of hydroxylamine groups is 1. The van der Waals surface area contributed by atoms with Gasteiger partial charge in [0.25, 0.3) is 5.91 Å². The summed E-state index contributed by atoms with van der Waals surface area (Å²) in [6.07, 6.45) is -0.975. The minimum Gasteiger partial charge on any atom is -0.459 e. The number of furan rings is 1. The van der Waals surface area contributed by atoms with Gasteiger partial charge in [-0.15, -0.1) is 0 Å². The first-order valence-electron chi connectivity index (χ1n) is 11.1. The molecule has 3 unspecified atom stereocenters. The summed E-state index contributed by atoms with van der Waals surface area (Å²) in [5.74, 6) is -0.454. The van der Waals surface area contributed by atoms with Crippen LogP contribution in [0.15, 0.2) is 89.3 Å². The highest BCUT2D eigenvalue weighted by Gasteiger charge is 2.61. The van der Waals surface area contributed by atoms with E-state index < -0.39 is 24.0 Å². The molecule has 2 amide bonds. The lowest BCUT2D eigenvalue weighted by Crippen LogP contribution is -2.37. The van der Waals surface area contributed by atoms with Crippen LogP contribution in [0.1, 0.15) is 11.8 Å². The molecule has 2 fully saturated rings. The molecular formula is C27H17Cl2IN2O4. The summed E-state index contributed by atoms with van der Waals surface area (Å²) in [6, 6.07) is 24.8. The Kier molecular flexibility index (Phi) is 6.03. The number of para-hydroxylation sites is 2. The Labute approximate surface area is 230 Å². The average Bonchev–Trinajstić information content (AvgIpc) is 3.57. The highest BCUT2D eigenvalue weighted by Crippen LogP contribution is 2.48. The van der Waals surface area contributed by atoms with Crippen LogP contribution in [0, 0.1) is 9.49 Å². The van der Waals surface area contributed by atoms with Gasteiger partial charge in [-0.25, -0.2) is 9.96 Å².